The van der Waals surface area contributed by atoms with E-state index in [4.69, 9.17) is 0 Å². The van der Waals surface area contributed by atoms with Crippen LogP contribution in [0.25, 0.3) is 6.08 Å². The highest BCUT2D eigenvalue weighted by Gasteiger charge is 2.28. The molecule has 150 valence electrons. The van der Waals surface area contributed by atoms with E-state index in [1.807, 2.05) is 36.4 Å². The van der Waals surface area contributed by atoms with Crippen molar-refractivity contribution in [3.05, 3.63) is 62.7 Å². The van der Waals surface area contributed by atoms with Crippen LogP contribution in [0.2, 0.25) is 0 Å². The zero-order valence-corrected chi connectivity index (χ0v) is 17.9. The molecule has 0 saturated carbocycles. The average Bonchev–Trinajstić information content (AvgIpc) is 3.08. The van der Waals surface area contributed by atoms with E-state index in [9.17, 15) is 13.2 Å². The quantitative estimate of drug-likeness (QED) is 0.718. The molecule has 7 heteroatoms. The summed E-state index contributed by atoms with van der Waals surface area (Å²) in [6.07, 6.45) is 3.64. The molecule has 1 amide bonds. The Balaban J connectivity index is 1.61. The summed E-state index contributed by atoms with van der Waals surface area (Å²) in [4.78, 5) is 16.5. The predicted octanol–water partition coefficient (Wildman–Crippen LogP) is 3.77. The number of rotatable bonds is 6. The van der Waals surface area contributed by atoms with Crippen molar-refractivity contribution in [2.45, 2.75) is 26.7 Å². The Labute approximate surface area is 171 Å². The Morgan fingerprint density at radius 3 is 2.46 bits per heavy atom. The normalized spacial score (nSPS) is 16.0. The van der Waals surface area contributed by atoms with Gasteiger partial charge in [-0.25, -0.2) is 8.42 Å². The molecular formula is C21H26N2O3S2. The Morgan fingerprint density at radius 1 is 1.14 bits per heavy atom. The maximum absolute atomic E-state index is 12.8. The first-order valence-corrected chi connectivity index (χ1v) is 11.8. The van der Waals surface area contributed by atoms with Gasteiger partial charge in [0, 0.05) is 36.5 Å². The van der Waals surface area contributed by atoms with Crippen LogP contribution in [-0.4, -0.2) is 49.7 Å². The standard InChI is InChI=1S/C21H26N2O3S2/c1-3-7-19-16-20(27-17(19)2)21(24)22-11-13-23(14-12-22)28(25,26)15-10-18-8-5-4-6-9-18/h4-6,8-10,15-16H,3,7,11-14H2,1-2H3/b15-10+. The van der Waals surface area contributed by atoms with E-state index >= 15 is 0 Å². The molecule has 1 aromatic heterocycles. The minimum Gasteiger partial charge on any atom is -0.335 e. The summed E-state index contributed by atoms with van der Waals surface area (Å²) in [6, 6.07) is 11.3. The number of carbonyl (C=O) groups excluding carboxylic acids is 1. The largest absolute Gasteiger partial charge is 0.335 e. The van der Waals surface area contributed by atoms with Gasteiger partial charge in [-0.15, -0.1) is 11.3 Å². The Kier molecular flexibility index (Phi) is 6.69. The number of sulfonamides is 1. The molecule has 2 aromatic rings. The number of hydrogen-bond acceptors (Lipinski definition) is 4. The average molecular weight is 419 g/mol. The predicted molar refractivity (Wildman–Crippen MR) is 115 cm³/mol. The summed E-state index contributed by atoms with van der Waals surface area (Å²) in [5.74, 6) is 0.00679. The number of piperazine rings is 1. The van der Waals surface area contributed by atoms with E-state index in [-0.39, 0.29) is 5.91 Å². The molecule has 0 N–H and O–H groups in total. The van der Waals surface area contributed by atoms with E-state index in [1.54, 1.807) is 11.0 Å². The molecule has 1 aromatic carbocycles. The summed E-state index contributed by atoms with van der Waals surface area (Å²) in [5, 5.41) is 1.25. The van der Waals surface area contributed by atoms with Crippen LogP contribution >= 0.6 is 11.3 Å². The van der Waals surface area contributed by atoms with Gasteiger partial charge in [0.25, 0.3) is 5.91 Å². The van der Waals surface area contributed by atoms with E-state index in [1.165, 1.54) is 31.5 Å². The lowest BCUT2D eigenvalue weighted by molar-refractivity contribution is 0.0703. The molecule has 1 aliphatic rings. The van der Waals surface area contributed by atoms with Crippen molar-refractivity contribution in [3.63, 3.8) is 0 Å². The maximum Gasteiger partial charge on any atom is 0.264 e. The molecule has 3 rings (SSSR count). The smallest absolute Gasteiger partial charge is 0.264 e. The minimum absolute atomic E-state index is 0.00679. The molecule has 1 saturated heterocycles. The highest BCUT2D eigenvalue weighted by atomic mass is 32.2. The van der Waals surface area contributed by atoms with Crippen molar-refractivity contribution < 1.29 is 13.2 Å². The topological polar surface area (TPSA) is 57.7 Å². The van der Waals surface area contributed by atoms with Crippen molar-refractivity contribution in [1.29, 1.82) is 0 Å². The van der Waals surface area contributed by atoms with E-state index in [0.29, 0.717) is 26.2 Å². The summed E-state index contributed by atoms with van der Waals surface area (Å²) in [7, 11) is -3.49. The lowest BCUT2D eigenvalue weighted by Gasteiger charge is -2.33. The van der Waals surface area contributed by atoms with Crippen molar-refractivity contribution in [3.8, 4) is 0 Å². The monoisotopic (exact) mass is 418 g/mol. The van der Waals surface area contributed by atoms with Gasteiger partial charge in [0.2, 0.25) is 10.0 Å². The van der Waals surface area contributed by atoms with Gasteiger partial charge in [-0.05, 0) is 36.6 Å². The number of thiophene rings is 1. The fraction of sp³-hybridized carbons (Fsp3) is 0.381. The van der Waals surface area contributed by atoms with Crippen LogP contribution in [0, 0.1) is 6.92 Å². The van der Waals surface area contributed by atoms with Crippen molar-refractivity contribution >= 4 is 33.3 Å². The third-order valence-corrected chi connectivity index (χ3v) is 7.51. The number of hydrogen-bond donors (Lipinski definition) is 0. The zero-order valence-electron chi connectivity index (χ0n) is 16.3. The number of carbonyl (C=O) groups is 1. The number of amides is 1. The second-order valence-corrected chi connectivity index (χ2v) is 9.97. The fourth-order valence-corrected chi connectivity index (χ4v) is 5.47. The van der Waals surface area contributed by atoms with Crippen LogP contribution in [0.15, 0.2) is 41.8 Å². The lowest BCUT2D eigenvalue weighted by atomic mass is 10.1. The number of nitrogens with zero attached hydrogens (tertiary/aromatic N) is 2. The Hall–Kier alpha value is -1.96. The second-order valence-electron chi connectivity index (χ2n) is 6.89. The molecule has 28 heavy (non-hydrogen) atoms. The van der Waals surface area contributed by atoms with Gasteiger partial charge in [0.05, 0.1) is 4.88 Å². The van der Waals surface area contributed by atoms with Crippen molar-refractivity contribution in [2.75, 3.05) is 26.2 Å². The first-order valence-electron chi connectivity index (χ1n) is 9.52. The fourth-order valence-electron chi connectivity index (χ4n) is 3.26. The van der Waals surface area contributed by atoms with Crippen LogP contribution in [0.1, 0.15) is 39.0 Å². The highest BCUT2D eigenvalue weighted by molar-refractivity contribution is 7.92. The van der Waals surface area contributed by atoms with Crippen LogP contribution in [0.4, 0.5) is 0 Å². The summed E-state index contributed by atoms with van der Waals surface area (Å²) < 4.78 is 26.6. The SMILES string of the molecule is CCCc1cc(C(=O)N2CCN(S(=O)(=O)/C=C/c3ccccc3)CC2)sc1C. The van der Waals surface area contributed by atoms with Gasteiger partial charge in [-0.2, -0.15) is 4.31 Å². The Bertz CT molecular complexity index is 941. The summed E-state index contributed by atoms with van der Waals surface area (Å²) in [5.41, 5.74) is 2.08. The third kappa shape index (κ3) is 4.90. The first kappa shape index (κ1) is 20.8. The summed E-state index contributed by atoms with van der Waals surface area (Å²) in [6.45, 7) is 5.65. The van der Waals surface area contributed by atoms with Crippen LogP contribution < -0.4 is 0 Å². The van der Waals surface area contributed by atoms with Crippen LogP contribution in [0.5, 0.6) is 0 Å². The number of aryl methyl sites for hydroxylation is 2. The molecule has 1 fully saturated rings. The van der Waals surface area contributed by atoms with E-state index in [2.05, 4.69) is 13.8 Å². The van der Waals surface area contributed by atoms with E-state index < -0.39 is 10.0 Å². The first-order chi connectivity index (χ1) is 13.4. The molecule has 0 radical (unpaired) electrons. The zero-order chi connectivity index (χ0) is 20.1. The minimum atomic E-state index is -3.49. The molecular weight excluding hydrogens is 392 g/mol. The Morgan fingerprint density at radius 2 is 1.82 bits per heavy atom. The molecule has 0 bridgehead atoms. The molecule has 0 aliphatic carbocycles. The van der Waals surface area contributed by atoms with Crippen molar-refractivity contribution in [2.24, 2.45) is 0 Å². The second kappa shape index (κ2) is 9.03. The van der Waals surface area contributed by atoms with Gasteiger partial charge in [-0.3, -0.25) is 4.79 Å². The number of benzene rings is 1. The van der Waals surface area contributed by atoms with Gasteiger partial charge in [0.1, 0.15) is 0 Å². The molecule has 0 unspecified atom stereocenters. The lowest BCUT2D eigenvalue weighted by Crippen LogP contribution is -2.49. The van der Waals surface area contributed by atoms with E-state index in [0.717, 1.165) is 23.3 Å². The van der Waals surface area contributed by atoms with Gasteiger partial charge in [0.15, 0.2) is 0 Å². The molecule has 0 atom stereocenters. The maximum atomic E-state index is 12.8. The third-order valence-electron chi connectivity index (χ3n) is 4.87. The summed E-state index contributed by atoms with van der Waals surface area (Å²) >= 11 is 1.53. The highest BCUT2D eigenvalue weighted by Crippen LogP contribution is 2.25. The molecule has 1 aliphatic heterocycles. The van der Waals surface area contributed by atoms with Gasteiger partial charge < -0.3 is 4.90 Å². The van der Waals surface area contributed by atoms with Gasteiger partial charge >= 0.3 is 0 Å². The van der Waals surface area contributed by atoms with Gasteiger partial charge in [-0.1, -0.05) is 43.7 Å². The molecule has 5 nitrogen and oxygen atoms in total. The van der Waals surface area contributed by atoms with Crippen LogP contribution in [-0.2, 0) is 16.4 Å². The molecule has 0 spiro atoms. The van der Waals surface area contributed by atoms with Crippen LogP contribution in [0.3, 0.4) is 0 Å². The van der Waals surface area contributed by atoms with Crippen molar-refractivity contribution in [1.82, 2.24) is 9.21 Å². The molecule has 2 heterocycles.